The summed E-state index contributed by atoms with van der Waals surface area (Å²) in [5.74, 6) is 0.355. The van der Waals surface area contributed by atoms with Gasteiger partial charge in [-0.2, -0.15) is 0 Å². The normalized spacial score (nSPS) is 13.3. The first-order valence-electron chi connectivity index (χ1n) is 9.03. The van der Waals surface area contributed by atoms with Crippen molar-refractivity contribution in [1.82, 2.24) is 9.80 Å². The monoisotopic (exact) mass is 367 g/mol. The number of fused-ring (bicyclic) bond motifs is 1. The van der Waals surface area contributed by atoms with Crippen molar-refractivity contribution in [2.45, 2.75) is 6.54 Å². The molecule has 1 aliphatic rings. The second-order valence-corrected chi connectivity index (χ2v) is 6.84. The maximum Gasteiger partial charge on any atom is 0.265 e. The summed E-state index contributed by atoms with van der Waals surface area (Å²) in [5, 5.41) is 0. The van der Waals surface area contributed by atoms with Crippen LogP contribution in [0.4, 0.5) is 5.69 Å². The van der Waals surface area contributed by atoms with Gasteiger partial charge in [0.15, 0.2) is 6.61 Å². The van der Waals surface area contributed by atoms with Crippen LogP contribution < -0.4 is 9.64 Å². The van der Waals surface area contributed by atoms with Crippen molar-refractivity contribution in [2.75, 3.05) is 45.2 Å². The summed E-state index contributed by atoms with van der Waals surface area (Å²) in [6, 6.07) is 17.2. The van der Waals surface area contributed by atoms with Crippen LogP contribution in [0.15, 0.2) is 54.6 Å². The Hall–Kier alpha value is -2.86. The Bertz CT molecular complexity index is 792. The third-order valence-electron chi connectivity index (χ3n) is 4.49. The molecule has 0 bridgehead atoms. The van der Waals surface area contributed by atoms with E-state index in [1.54, 1.807) is 11.0 Å². The van der Waals surface area contributed by atoms with Gasteiger partial charge < -0.3 is 14.5 Å². The van der Waals surface area contributed by atoms with Gasteiger partial charge in [-0.05, 0) is 31.8 Å². The van der Waals surface area contributed by atoms with Gasteiger partial charge in [0.1, 0.15) is 12.3 Å². The first-order valence-corrected chi connectivity index (χ1v) is 9.03. The first-order chi connectivity index (χ1) is 13.0. The van der Waals surface area contributed by atoms with Crippen molar-refractivity contribution in [2.24, 2.45) is 0 Å². The van der Waals surface area contributed by atoms with Crippen molar-refractivity contribution >= 4 is 17.5 Å². The highest BCUT2D eigenvalue weighted by atomic mass is 16.5. The van der Waals surface area contributed by atoms with E-state index in [-0.39, 0.29) is 25.0 Å². The molecule has 0 aromatic heterocycles. The van der Waals surface area contributed by atoms with Gasteiger partial charge in [0.05, 0.1) is 5.69 Å². The lowest BCUT2D eigenvalue weighted by Crippen LogP contribution is -2.47. The van der Waals surface area contributed by atoms with Gasteiger partial charge in [0, 0.05) is 19.6 Å². The van der Waals surface area contributed by atoms with Crippen LogP contribution in [0.1, 0.15) is 5.56 Å². The number of ether oxygens (including phenoxy) is 1. The maximum atomic E-state index is 13.1. The number of anilines is 1. The van der Waals surface area contributed by atoms with E-state index >= 15 is 0 Å². The summed E-state index contributed by atoms with van der Waals surface area (Å²) < 4.78 is 5.46. The quantitative estimate of drug-likeness (QED) is 0.751. The molecule has 0 atom stereocenters. The number of rotatable bonds is 7. The SMILES string of the molecule is CN(C)CCN(Cc1ccccc1)C(=O)CN1C(=O)COc2ccccc21. The predicted molar refractivity (Wildman–Crippen MR) is 105 cm³/mol. The van der Waals surface area contributed by atoms with Crippen LogP contribution >= 0.6 is 0 Å². The summed E-state index contributed by atoms with van der Waals surface area (Å²) in [5.41, 5.74) is 1.72. The van der Waals surface area contributed by atoms with Crippen LogP contribution in [0.5, 0.6) is 5.75 Å². The molecule has 0 saturated carbocycles. The molecule has 2 aromatic rings. The minimum absolute atomic E-state index is 0.0134. The molecule has 0 radical (unpaired) electrons. The highest BCUT2D eigenvalue weighted by molar-refractivity contribution is 6.02. The molecule has 1 heterocycles. The molecule has 3 rings (SSSR count). The summed E-state index contributed by atoms with van der Waals surface area (Å²) >= 11 is 0. The molecule has 1 aliphatic heterocycles. The predicted octanol–water partition coefficient (Wildman–Crippen LogP) is 2.00. The van der Waals surface area contributed by atoms with E-state index in [9.17, 15) is 9.59 Å². The Morgan fingerprint density at radius 1 is 1.04 bits per heavy atom. The lowest BCUT2D eigenvalue weighted by atomic mass is 10.2. The van der Waals surface area contributed by atoms with Crippen molar-refractivity contribution in [3.8, 4) is 5.75 Å². The van der Waals surface area contributed by atoms with E-state index < -0.39 is 0 Å². The lowest BCUT2D eigenvalue weighted by Gasteiger charge is -2.31. The number of likely N-dealkylation sites (N-methyl/N-ethyl adjacent to an activating group) is 1. The zero-order valence-corrected chi connectivity index (χ0v) is 15.8. The van der Waals surface area contributed by atoms with Crippen LogP contribution in [-0.2, 0) is 16.1 Å². The van der Waals surface area contributed by atoms with Crippen molar-refractivity contribution in [3.63, 3.8) is 0 Å². The molecule has 0 fully saturated rings. The van der Waals surface area contributed by atoms with Crippen LogP contribution in [0.2, 0.25) is 0 Å². The van der Waals surface area contributed by atoms with Gasteiger partial charge in [0.25, 0.3) is 5.91 Å². The second-order valence-electron chi connectivity index (χ2n) is 6.84. The van der Waals surface area contributed by atoms with Gasteiger partial charge in [-0.15, -0.1) is 0 Å². The molecule has 0 aliphatic carbocycles. The maximum absolute atomic E-state index is 13.1. The third kappa shape index (κ3) is 4.86. The summed E-state index contributed by atoms with van der Waals surface area (Å²) in [6.07, 6.45) is 0. The molecular formula is C21H25N3O3. The number of hydrogen-bond acceptors (Lipinski definition) is 4. The highest BCUT2D eigenvalue weighted by Crippen LogP contribution is 2.31. The van der Waals surface area contributed by atoms with Crippen LogP contribution in [0.25, 0.3) is 0 Å². The Labute approximate surface area is 159 Å². The van der Waals surface area contributed by atoms with Crippen molar-refractivity contribution < 1.29 is 14.3 Å². The fourth-order valence-electron chi connectivity index (χ4n) is 2.98. The Kier molecular flexibility index (Phi) is 6.08. The molecule has 27 heavy (non-hydrogen) atoms. The number of carbonyl (C=O) groups is 2. The molecule has 2 aromatic carbocycles. The van der Waals surface area contributed by atoms with E-state index in [1.807, 2.05) is 67.5 Å². The molecule has 2 amide bonds. The third-order valence-corrected chi connectivity index (χ3v) is 4.49. The molecule has 0 N–H and O–H groups in total. The van der Waals surface area contributed by atoms with Gasteiger partial charge in [0.2, 0.25) is 5.91 Å². The van der Waals surface area contributed by atoms with Gasteiger partial charge in [-0.1, -0.05) is 42.5 Å². The first kappa shape index (κ1) is 18.9. The zero-order chi connectivity index (χ0) is 19.2. The minimum atomic E-state index is -0.200. The molecular weight excluding hydrogens is 342 g/mol. The Balaban J connectivity index is 1.76. The van der Waals surface area contributed by atoms with Crippen LogP contribution in [-0.4, -0.2) is 62.0 Å². The van der Waals surface area contributed by atoms with E-state index in [4.69, 9.17) is 4.74 Å². The summed E-state index contributed by atoms with van der Waals surface area (Å²) in [7, 11) is 3.96. The fraction of sp³-hybridized carbons (Fsp3) is 0.333. The molecule has 142 valence electrons. The number of hydrogen-bond donors (Lipinski definition) is 0. The van der Waals surface area contributed by atoms with Gasteiger partial charge >= 0.3 is 0 Å². The molecule has 0 spiro atoms. The Morgan fingerprint density at radius 3 is 2.48 bits per heavy atom. The average molecular weight is 367 g/mol. The Morgan fingerprint density at radius 2 is 1.74 bits per heavy atom. The van der Waals surface area contributed by atoms with Crippen molar-refractivity contribution in [3.05, 3.63) is 60.2 Å². The van der Waals surface area contributed by atoms with Crippen LogP contribution in [0.3, 0.4) is 0 Å². The summed E-state index contributed by atoms with van der Waals surface area (Å²) in [4.78, 5) is 30.8. The highest BCUT2D eigenvalue weighted by Gasteiger charge is 2.28. The van der Waals surface area contributed by atoms with E-state index in [1.165, 1.54) is 4.90 Å². The van der Waals surface area contributed by atoms with E-state index in [0.717, 1.165) is 12.1 Å². The second kappa shape index (κ2) is 8.68. The van der Waals surface area contributed by atoms with E-state index in [0.29, 0.717) is 24.5 Å². The largest absolute Gasteiger partial charge is 0.482 e. The lowest BCUT2D eigenvalue weighted by molar-refractivity contribution is -0.132. The number of carbonyl (C=O) groups excluding carboxylic acids is 2. The molecule has 0 unspecified atom stereocenters. The van der Waals surface area contributed by atoms with Crippen LogP contribution in [0, 0.1) is 0 Å². The summed E-state index contributed by atoms with van der Waals surface area (Å²) in [6.45, 7) is 1.85. The standard InChI is InChI=1S/C21H25N3O3/c1-22(2)12-13-23(14-17-8-4-3-5-9-17)20(25)15-24-18-10-6-7-11-19(18)27-16-21(24)26/h3-11H,12-16H2,1-2H3. The topological polar surface area (TPSA) is 53.1 Å². The minimum Gasteiger partial charge on any atom is -0.482 e. The molecule has 6 nitrogen and oxygen atoms in total. The molecule has 6 heteroatoms. The zero-order valence-electron chi connectivity index (χ0n) is 15.8. The van der Waals surface area contributed by atoms with Crippen molar-refractivity contribution in [1.29, 1.82) is 0 Å². The molecule has 0 saturated heterocycles. The van der Waals surface area contributed by atoms with E-state index in [2.05, 4.69) is 0 Å². The number of para-hydroxylation sites is 2. The smallest absolute Gasteiger partial charge is 0.265 e. The van der Waals surface area contributed by atoms with Gasteiger partial charge in [-0.3, -0.25) is 14.5 Å². The number of amides is 2. The average Bonchev–Trinajstić information content (AvgIpc) is 2.68. The fourth-order valence-corrected chi connectivity index (χ4v) is 2.98. The van der Waals surface area contributed by atoms with Gasteiger partial charge in [-0.25, -0.2) is 0 Å². The number of benzene rings is 2. The number of nitrogens with zero attached hydrogens (tertiary/aromatic N) is 3.